The van der Waals surface area contributed by atoms with Crippen molar-refractivity contribution in [3.05, 3.63) is 162 Å². The molecule has 0 aliphatic rings. The Labute approximate surface area is 235 Å². The molecule has 0 unspecified atom stereocenters. The smallest absolute Gasteiger partial charge is 0.0468 e. The van der Waals surface area contributed by atoms with E-state index in [1.54, 1.807) is 0 Å². The van der Waals surface area contributed by atoms with Crippen LogP contribution in [-0.2, 0) is 0 Å². The van der Waals surface area contributed by atoms with Crippen molar-refractivity contribution in [1.29, 1.82) is 0 Å². The first-order chi connectivity index (χ1) is 19.7. The lowest BCUT2D eigenvalue weighted by molar-refractivity contribution is 1.28. The Bertz CT molecular complexity index is 1950. The minimum Gasteiger partial charge on any atom is -0.310 e. The van der Waals surface area contributed by atoms with Gasteiger partial charge in [-0.25, -0.2) is 0 Å². The largest absolute Gasteiger partial charge is 0.310 e. The van der Waals surface area contributed by atoms with E-state index in [4.69, 9.17) is 0 Å². The van der Waals surface area contributed by atoms with Crippen LogP contribution in [0.5, 0.6) is 0 Å². The molecule has 0 N–H and O–H groups in total. The van der Waals surface area contributed by atoms with Gasteiger partial charge in [-0.3, -0.25) is 0 Å². The van der Waals surface area contributed by atoms with E-state index in [0.717, 1.165) is 17.1 Å². The second-order valence-corrected chi connectivity index (χ2v) is 10.3. The quantitative estimate of drug-likeness (QED) is 0.164. The van der Waals surface area contributed by atoms with Gasteiger partial charge in [-0.05, 0) is 86.8 Å². The molecule has 0 bridgehead atoms. The fourth-order valence-corrected chi connectivity index (χ4v) is 5.67. The minimum absolute atomic E-state index is 1.13. The van der Waals surface area contributed by atoms with Crippen LogP contribution in [0.2, 0.25) is 0 Å². The molecule has 0 aliphatic heterocycles. The van der Waals surface area contributed by atoms with Crippen LogP contribution in [0.1, 0.15) is 16.7 Å². The predicted molar refractivity (Wildman–Crippen MR) is 174 cm³/mol. The Kier molecular flexibility index (Phi) is 6.11. The van der Waals surface area contributed by atoms with Gasteiger partial charge in [0.15, 0.2) is 0 Å². The molecule has 1 nitrogen and oxygen atoms in total. The zero-order valence-corrected chi connectivity index (χ0v) is 22.5. The second-order valence-electron chi connectivity index (χ2n) is 10.3. The number of benzene rings is 7. The van der Waals surface area contributed by atoms with E-state index in [0.29, 0.717) is 0 Å². The van der Waals surface area contributed by atoms with Gasteiger partial charge in [0.25, 0.3) is 0 Å². The molecule has 0 aromatic heterocycles. The molecular weight excluding hydrogens is 482 g/mol. The first-order valence-corrected chi connectivity index (χ1v) is 13.8. The molecule has 0 aliphatic carbocycles. The van der Waals surface area contributed by atoms with Crippen molar-refractivity contribution in [2.45, 2.75) is 6.92 Å². The van der Waals surface area contributed by atoms with Gasteiger partial charge >= 0.3 is 0 Å². The SMILES string of the molecule is Cc1ccc(N(c2ccc(/C=C/c3ccccc3)cc2)c2ccc3c4ccccc4c4ccccc4c3c2)cc1. The number of anilines is 3. The maximum absolute atomic E-state index is 2.35. The summed E-state index contributed by atoms with van der Waals surface area (Å²) in [7, 11) is 0. The van der Waals surface area contributed by atoms with Crippen molar-refractivity contribution in [3.8, 4) is 0 Å². The monoisotopic (exact) mass is 511 g/mol. The van der Waals surface area contributed by atoms with Gasteiger partial charge in [-0.15, -0.1) is 0 Å². The van der Waals surface area contributed by atoms with Crippen LogP contribution in [0.25, 0.3) is 44.5 Å². The lowest BCUT2D eigenvalue weighted by atomic mass is 9.94. The van der Waals surface area contributed by atoms with Gasteiger partial charge in [0.2, 0.25) is 0 Å². The molecule has 0 fully saturated rings. The van der Waals surface area contributed by atoms with Crippen LogP contribution in [-0.4, -0.2) is 0 Å². The predicted octanol–water partition coefficient (Wildman–Crippen LogP) is 11.1. The molecule has 7 aromatic carbocycles. The molecule has 0 spiro atoms. The third kappa shape index (κ3) is 4.42. The van der Waals surface area contributed by atoms with Crippen molar-refractivity contribution < 1.29 is 0 Å². The van der Waals surface area contributed by atoms with Gasteiger partial charge < -0.3 is 4.90 Å². The fraction of sp³-hybridized carbons (Fsp3) is 0.0256. The molecule has 40 heavy (non-hydrogen) atoms. The van der Waals surface area contributed by atoms with Crippen LogP contribution in [0.4, 0.5) is 17.1 Å². The molecule has 0 amide bonds. The van der Waals surface area contributed by atoms with Crippen LogP contribution >= 0.6 is 0 Å². The lowest BCUT2D eigenvalue weighted by Gasteiger charge is -2.26. The lowest BCUT2D eigenvalue weighted by Crippen LogP contribution is -2.10. The highest BCUT2D eigenvalue weighted by molar-refractivity contribution is 6.25. The topological polar surface area (TPSA) is 3.24 Å². The van der Waals surface area contributed by atoms with Crippen molar-refractivity contribution in [2.24, 2.45) is 0 Å². The number of rotatable bonds is 5. The number of hydrogen-bond acceptors (Lipinski definition) is 1. The fourth-order valence-electron chi connectivity index (χ4n) is 5.67. The Morgan fingerprint density at radius 3 is 1.38 bits per heavy atom. The molecule has 0 saturated carbocycles. The average Bonchev–Trinajstić information content (AvgIpc) is 3.02. The maximum atomic E-state index is 2.35. The van der Waals surface area contributed by atoms with Gasteiger partial charge in [0.05, 0.1) is 0 Å². The van der Waals surface area contributed by atoms with E-state index in [-0.39, 0.29) is 0 Å². The molecular formula is C39H29N. The summed E-state index contributed by atoms with van der Waals surface area (Å²) in [6.07, 6.45) is 4.33. The summed E-state index contributed by atoms with van der Waals surface area (Å²) < 4.78 is 0. The summed E-state index contributed by atoms with van der Waals surface area (Å²) in [5.74, 6) is 0. The van der Waals surface area contributed by atoms with E-state index < -0.39 is 0 Å². The van der Waals surface area contributed by atoms with Crippen LogP contribution in [0, 0.1) is 6.92 Å². The first kappa shape index (κ1) is 23.9. The Hall–Kier alpha value is -5.14. The van der Waals surface area contributed by atoms with Crippen molar-refractivity contribution >= 4 is 61.5 Å². The van der Waals surface area contributed by atoms with E-state index in [9.17, 15) is 0 Å². The summed E-state index contributed by atoms with van der Waals surface area (Å²) in [5.41, 5.74) is 7.04. The third-order valence-corrected chi connectivity index (χ3v) is 7.70. The van der Waals surface area contributed by atoms with E-state index >= 15 is 0 Å². The second kappa shape index (κ2) is 10.2. The standard InChI is InChI=1S/C39H29N/c1-28-15-21-31(22-16-28)40(32-23-19-30(20-24-32)18-17-29-9-3-2-4-10-29)33-25-26-38-36-13-6-5-11-34(36)35-12-7-8-14-37(35)39(38)27-33/h2-27H,1H3/b18-17+. The molecule has 190 valence electrons. The van der Waals surface area contributed by atoms with Crippen LogP contribution < -0.4 is 4.90 Å². The summed E-state index contributed by atoms with van der Waals surface area (Å²) >= 11 is 0. The Morgan fingerprint density at radius 2 is 0.800 bits per heavy atom. The highest BCUT2D eigenvalue weighted by Gasteiger charge is 2.15. The van der Waals surface area contributed by atoms with E-state index in [1.807, 2.05) is 6.07 Å². The first-order valence-electron chi connectivity index (χ1n) is 13.8. The van der Waals surface area contributed by atoms with Crippen molar-refractivity contribution in [2.75, 3.05) is 4.90 Å². The van der Waals surface area contributed by atoms with Gasteiger partial charge in [-0.2, -0.15) is 0 Å². The van der Waals surface area contributed by atoms with Crippen molar-refractivity contribution in [3.63, 3.8) is 0 Å². The highest BCUT2D eigenvalue weighted by atomic mass is 15.1. The van der Waals surface area contributed by atoms with Gasteiger partial charge in [0, 0.05) is 17.1 Å². The normalized spacial score (nSPS) is 11.5. The highest BCUT2D eigenvalue weighted by Crippen LogP contribution is 2.40. The summed E-state index contributed by atoms with van der Waals surface area (Å²) in [5, 5.41) is 7.71. The zero-order chi connectivity index (χ0) is 26.9. The summed E-state index contributed by atoms with van der Waals surface area (Å²) in [6, 6.07) is 52.4. The molecule has 7 aromatic rings. The Morgan fingerprint density at radius 1 is 0.375 bits per heavy atom. The summed E-state index contributed by atoms with van der Waals surface area (Å²) in [6.45, 7) is 2.13. The molecule has 0 heterocycles. The minimum atomic E-state index is 1.13. The molecule has 0 radical (unpaired) electrons. The van der Waals surface area contributed by atoms with Crippen LogP contribution in [0.15, 0.2) is 146 Å². The molecule has 0 saturated heterocycles. The zero-order valence-electron chi connectivity index (χ0n) is 22.5. The number of fused-ring (bicyclic) bond motifs is 6. The number of hydrogen-bond donors (Lipinski definition) is 0. The number of aryl methyl sites for hydroxylation is 1. The number of nitrogens with zero attached hydrogens (tertiary/aromatic N) is 1. The van der Waals surface area contributed by atoms with Gasteiger partial charge in [0.1, 0.15) is 0 Å². The molecule has 1 heteroatoms. The summed E-state index contributed by atoms with van der Waals surface area (Å²) in [4.78, 5) is 2.35. The van der Waals surface area contributed by atoms with Crippen molar-refractivity contribution in [1.82, 2.24) is 0 Å². The van der Waals surface area contributed by atoms with Crippen LogP contribution in [0.3, 0.4) is 0 Å². The maximum Gasteiger partial charge on any atom is 0.0468 e. The molecule has 0 atom stereocenters. The molecule has 7 rings (SSSR count). The third-order valence-electron chi connectivity index (χ3n) is 7.70. The Balaban J connectivity index is 1.37. The van der Waals surface area contributed by atoms with E-state index in [2.05, 4.69) is 164 Å². The van der Waals surface area contributed by atoms with E-state index in [1.165, 1.54) is 49.0 Å². The average molecular weight is 512 g/mol. The van der Waals surface area contributed by atoms with Gasteiger partial charge in [-0.1, -0.05) is 127 Å².